The molecule has 26 heavy (non-hydrogen) atoms. The largest absolute Gasteiger partial charge is 0.293 e. The second-order valence-electron chi connectivity index (χ2n) is 6.88. The minimum absolute atomic E-state index is 0.0680. The number of carbonyl (C=O) groups excluding carboxylic acids is 1. The molecule has 0 bridgehead atoms. The van der Waals surface area contributed by atoms with Gasteiger partial charge in [-0.3, -0.25) is 19.7 Å². The van der Waals surface area contributed by atoms with Crippen molar-refractivity contribution >= 4 is 22.8 Å². The number of aryl methyl sites for hydroxylation is 1. The van der Waals surface area contributed by atoms with Gasteiger partial charge in [-0.15, -0.1) is 0 Å². The third-order valence-electron chi connectivity index (χ3n) is 4.91. The van der Waals surface area contributed by atoms with Crippen molar-refractivity contribution in [2.75, 3.05) is 18.4 Å². The molecule has 2 aromatic heterocycles. The van der Waals surface area contributed by atoms with Crippen LogP contribution in [0.15, 0.2) is 36.8 Å². The number of likely N-dealkylation sites (tertiary alicyclic amines) is 1. The van der Waals surface area contributed by atoms with Gasteiger partial charge in [0.1, 0.15) is 0 Å². The summed E-state index contributed by atoms with van der Waals surface area (Å²) in [7, 11) is 1.89. The van der Waals surface area contributed by atoms with Gasteiger partial charge in [-0.25, -0.2) is 9.97 Å². The van der Waals surface area contributed by atoms with Gasteiger partial charge < -0.3 is 0 Å². The van der Waals surface area contributed by atoms with Crippen molar-refractivity contribution in [3.63, 3.8) is 0 Å². The smallest absolute Gasteiger partial charge is 0.240 e. The molecule has 1 atom stereocenters. The van der Waals surface area contributed by atoms with Crippen LogP contribution in [0.3, 0.4) is 0 Å². The van der Waals surface area contributed by atoms with E-state index in [9.17, 15) is 4.79 Å². The third-order valence-corrected chi connectivity index (χ3v) is 4.91. The molecule has 1 fully saturated rings. The first-order valence-corrected chi connectivity index (χ1v) is 8.88. The predicted molar refractivity (Wildman–Crippen MR) is 101 cm³/mol. The Labute approximate surface area is 152 Å². The Morgan fingerprint density at radius 1 is 1.31 bits per heavy atom. The summed E-state index contributed by atoms with van der Waals surface area (Å²) in [6.45, 7) is 3.52. The minimum atomic E-state index is -0.0680. The van der Waals surface area contributed by atoms with Crippen LogP contribution >= 0.6 is 0 Å². The summed E-state index contributed by atoms with van der Waals surface area (Å²) in [5.41, 5.74) is 2.86. The van der Waals surface area contributed by atoms with Gasteiger partial charge >= 0.3 is 0 Å². The van der Waals surface area contributed by atoms with Crippen LogP contribution in [0.1, 0.15) is 19.8 Å². The number of carbonyl (C=O) groups is 1. The van der Waals surface area contributed by atoms with Crippen LogP contribution in [0.2, 0.25) is 0 Å². The lowest BCUT2D eigenvalue weighted by molar-refractivity contribution is -0.117. The number of anilines is 1. The standard InChI is InChI=1S/C19H22N6O/c1-13-4-3-7-25(13)12-18(26)23-19-20-9-15-6-5-14(8-17(15)22-19)16-10-21-24(2)11-16/h5-6,8-11,13H,3-4,7,12H2,1-2H3,(H,20,22,23,26). The molecule has 0 radical (unpaired) electrons. The Morgan fingerprint density at radius 3 is 2.92 bits per heavy atom. The molecule has 3 aromatic rings. The molecule has 1 N–H and O–H groups in total. The number of nitrogens with one attached hydrogen (secondary N) is 1. The van der Waals surface area contributed by atoms with Crippen LogP contribution in [0.25, 0.3) is 22.0 Å². The van der Waals surface area contributed by atoms with E-state index >= 15 is 0 Å². The van der Waals surface area contributed by atoms with E-state index in [1.54, 1.807) is 10.9 Å². The summed E-state index contributed by atoms with van der Waals surface area (Å²) < 4.78 is 1.77. The molecule has 0 aliphatic carbocycles. The molecule has 1 unspecified atom stereocenters. The number of hydrogen-bond acceptors (Lipinski definition) is 5. The zero-order valence-electron chi connectivity index (χ0n) is 15.0. The molecular weight excluding hydrogens is 328 g/mol. The summed E-state index contributed by atoms with van der Waals surface area (Å²) >= 11 is 0. The second kappa shape index (κ2) is 6.84. The molecule has 134 valence electrons. The first kappa shape index (κ1) is 16.7. The van der Waals surface area contributed by atoms with Gasteiger partial charge in [0.05, 0.1) is 18.3 Å². The van der Waals surface area contributed by atoms with Crippen LogP contribution in [0.4, 0.5) is 5.95 Å². The highest BCUT2D eigenvalue weighted by atomic mass is 16.2. The van der Waals surface area contributed by atoms with Crippen molar-refractivity contribution in [1.29, 1.82) is 0 Å². The monoisotopic (exact) mass is 350 g/mol. The van der Waals surface area contributed by atoms with E-state index < -0.39 is 0 Å². The average Bonchev–Trinajstić information content (AvgIpc) is 3.23. The molecule has 1 aromatic carbocycles. The predicted octanol–water partition coefficient (Wildman–Crippen LogP) is 2.45. The van der Waals surface area contributed by atoms with Crippen LogP contribution in [-0.4, -0.2) is 49.7 Å². The maximum atomic E-state index is 12.3. The lowest BCUT2D eigenvalue weighted by Gasteiger charge is -2.19. The summed E-state index contributed by atoms with van der Waals surface area (Å²) in [6, 6.07) is 6.46. The molecule has 1 aliphatic rings. The first-order valence-electron chi connectivity index (χ1n) is 8.88. The molecule has 1 saturated heterocycles. The second-order valence-corrected chi connectivity index (χ2v) is 6.88. The van der Waals surface area contributed by atoms with Crippen LogP contribution in [0.5, 0.6) is 0 Å². The number of fused-ring (bicyclic) bond motifs is 1. The fourth-order valence-corrected chi connectivity index (χ4v) is 3.41. The van der Waals surface area contributed by atoms with Crippen LogP contribution < -0.4 is 5.32 Å². The van der Waals surface area contributed by atoms with Gasteiger partial charge in [-0.1, -0.05) is 12.1 Å². The third kappa shape index (κ3) is 3.43. The van der Waals surface area contributed by atoms with E-state index in [2.05, 4.69) is 32.2 Å². The van der Waals surface area contributed by atoms with Crippen molar-refractivity contribution in [2.24, 2.45) is 7.05 Å². The van der Waals surface area contributed by atoms with E-state index in [-0.39, 0.29) is 5.91 Å². The van der Waals surface area contributed by atoms with Crippen molar-refractivity contribution < 1.29 is 4.79 Å². The molecule has 3 heterocycles. The fourth-order valence-electron chi connectivity index (χ4n) is 3.41. The molecular formula is C19H22N6O. The quantitative estimate of drug-likeness (QED) is 0.782. The molecule has 1 aliphatic heterocycles. The molecule has 0 spiro atoms. The lowest BCUT2D eigenvalue weighted by Crippen LogP contribution is -2.35. The van der Waals surface area contributed by atoms with E-state index in [1.165, 1.54) is 0 Å². The Kier molecular flexibility index (Phi) is 4.38. The highest BCUT2D eigenvalue weighted by Gasteiger charge is 2.22. The minimum Gasteiger partial charge on any atom is -0.293 e. The fraction of sp³-hybridized carbons (Fsp3) is 0.368. The highest BCUT2D eigenvalue weighted by Crippen LogP contribution is 2.23. The van der Waals surface area contributed by atoms with Crippen LogP contribution in [-0.2, 0) is 11.8 Å². The zero-order valence-corrected chi connectivity index (χ0v) is 15.0. The Bertz CT molecular complexity index is 950. The Morgan fingerprint density at radius 2 is 2.19 bits per heavy atom. The molecule has 7 heteroatoms. The summed E-state index contributed by atoms with van der Waals surface area (Å²) in [4.78, 5) is 23.3. The van der Waals surface area contributed by atoms with E-state index in [0.29, 0.717) is 18.5 Å². The lowest BCUT2D eigenvalue weighted by atomic mass is 10.1. The maximum Gasteiger partial charge on any atom is 0.240 e. The van der Waals surface area contributed by atoms with Crippen LogP contribution in [0, 0.1) is 0 Å². The summed E-state index contributed by atoms with van der Waals surface area (Å²) in [5, 5.41) is 7.97. The highest BCUT2D eigenvalue weighted by molar-refractivity contribution is 5.92. The normalized spacial score (nSPS) is 17.7. The van der Waals surface area contributed by atoms with Crippen molar-refractivity contribution in [2.45, 2.75) is 25.8 Å². The summed E-state index contributed by atoms with van der Waals surface area (Å²) in [6.07, 6.45) is 7.82. The molecule has 4 rings (SSSR count). The number of aromatic nitrogens is 4. The Hall–Kier alpha value is -2.80. The molecule has 7 nitrogen and oxygen atoms in total. The van der Waals surface area contributed by atoms with Gasteiger partial charge in [-0.2, -0.15) is 5.10 Å². The van der Waals surface area contributed by atoms with Gasteiger partial charge in [0.25, 0.3) is 0 Å². The van der Waals surface area contributed by atoms with Crippen molar-refractivity contribution in [3.05, 3.63) is 36.8 Å². The van der Waals surface area contributed by atoms with Crippen molar-refractivity contribution in [3.8, 4) is 11.1 Å². The number of benzene rings is 1. The number of rotatable bonds is 4. The SMILES string of the molecule is CC1CCCN1CC(=O)Nc1ncc2ccc(-c3cnn(C)c3)cc2n1. The average molecular weight is 350 g/mol. The van der Waals surface area contributed by atoms with E-state index in [1.807, 2.05) is 37.6 Å². The maximum absolute atomic E-state index is 12.3. The van der Waals surface area contributed by atoms with E-state index in [4.69, 9.17) is 0 Å². The Balaban J connectivity index is 1.53. The molecule has 0 saturated carbocycles. The number of hydrogen-bond donors (Lipinski definition) is 1. The summed E-state index contributed by atoms with van der Waals surface area (Å²) in [5.74, 6) is 0.277. The van der Waals surface area contributed by atoms with Crippen molar-refractivity contribution in [1.82, 2.24) is 24.6 Å². The van der Waals surface area contributed by atoms with Gasteiger partial charge in [-0.05, 0) is 37.9 Å². The van der Waals surface area contributed by atoms with Gasteiger partial charge in [0, 0.05) is 36.4 Å². The molecule has 1 amide bonds. The number of amides is 1. The van der Waals surface area contributed by atoms with Gasteiger partial charge in [0.15, 0.2) is 0 Å². The topological polar surface area (TPSA) is 75.9 Å². The zero-order chi connectivity index (χ0) is 18.1. The number of nitrogens with zero attached hydrogens (tertiary/aromatic N) is 5. The first-order chi connectivity index (χ1) is 12.6. The van der Waals surface area contributed by atoms with E-state index in [0.717, 1.165) is 41.4 Å². The van der Waals surface area contributed by atoms with Gasteiger partial charge in [0.2, 0.25) is 11.9 Å².